The number of para-hydroxylation sites is 1. The summed E-state index contributed by atoms with van der Waals surface area (Å²) in [7, 11) is 1.65. The average Bonchev–Trinajstić information content (AvgIpc) is 3.00. The maximum Gasteiger partial charge on any atom is 0.276 e. The Balaban J connectivity index is 1.80. The van der Waals surface area contributed by atoms with Crippen molar-refractivity contribution in [2.75, 3.05) is 7.11 Å². The maximum absolute atomic E-state index is 12.2. The Bertz CT molecular complexity index is 1050. The maximum atomic E-state index is 12.2. The van der Waals surface area contributed by atoms with Crippen LogP contribution in [0.3, 0.4) is 0 Å². The van der Waals surface area contributed by atoms with Crippen molar-refractivity contribution in [1.82, 2.24) is 14.8 Å². The molecule has 0 radical (unpaired) electrons. The molecule has 0 aliphatic heterocycles. The summed E-state index contributed by atoms with van der Waals surface area (Å²) in [4.78, 5) is 15.1. The molecule has 0 saturated heterocycles. The number of benzene rings is 2. The van der Waals surface area contributed by atoms with E-state index in [4.69, 9.17) is 4.74 Å². The second kappa shape index (κ2) is 5.28. The van der Waals surface area contributed by atoms with Gasteiger partial charge in [0.05, 0.1) is 13.7 Å². The summed E-state index contributed by atoms with van der Waals surface area (Å²) < 4.78 is 6.96. The Morgan fingerprint density at radius 3 is 2.65 bits per heavy atom. The van der Waals surface area contributed by atoms with E-state index in [0.29, 0.717) is 12.1 Å². The third-order valence-electron chi connectivity index (χ3n) is 3.95. The summed E-state index contributed by atoms with van der Waals surface area (Å²) in [6, 6.07) is 15.6. The Labute approximate surface area is 132 Å². The number of hydrogen-bond acceptors (Lipinski definition) is 3. The van der Waals surface area contributed by atoms with Crippen molar-refractivity contribution in [3.8, 4) is 5.75 Å². The highest BCUT2D eigenvalue weighted by Gasteiger charge is 2.09. The number of nitrogens with zero attached hydrogens (tertiary/aromatic N) is 2. The Morgan fingerprint density at radius 2 is 1.87 bits per heavy atom. The quantitative estimate of drug-likeness (QED) is 0.633. The number of methoxy groups -OCH3 is 1. The van der Waals surface area contributed by atoms with Gasteiger partial charge in [-0.15, -0.1) is 0 Å². The fourth-order valence-electron chi connectivity index (χ4n) is 2.79. The first-order chi connectivity index (χ1) is 11.2. The molecule has 4 rings (SSSR count). The van der Waals surface area contributed by atoms with Crippen LogP contribution in [-0.2, 0) is 6.54 Å². The van der Waals surface area contributed by atoms with E-state index in [1.54, 1.807) is 11.8 Å². The first-order valence-electron chi connectivity index (χ1n) is 7.36. The van der Waals surface area contributed by atoms with Crippen molar-refractivity contribution >= 4 is 21.8 Å². The highest BCUT2D eigenvalue weighted by molar-refractivity contribution is 6.03. The lowest BCUT2D eigenvalue weighted by atomic mass is 10.1. The number of pyridine rings is 1. The van der Waals surface area contributed by atoms with Crippen LogP contribution in [-0.4, -0.2) is 21.9 Å². The zero-order chi connectivity index (χ0) is 15.8. The predicted molar refractivity (Wildman–Crippen MR) is 90.0 cm³/mol. The van der Waals surface area contributed by atoms with Gasteiger partial charge < -0.3 is 9.72 Å². The molecule has 0 aliphatic rings. The van der Waals surface area contributed by atoms with Gasteiger partial charge in [0.1, 0.15) is 5.75 Å². The second-order valence-electron chi connectivity index (χ2n) is 5.44. The molecular formula is C18H15N3O2. The fourth-order valence-corrected chi connectivity index (χ4v) is 2.79. The number of aromatic nitrogens is 3. The third-order valence-corrected chi connectivity index (χ3v) is 3.95. The van der Waals surface area contributed by atoms with Crippen LogP contribution in [0.5, 0.6) is 5.75 Å². The smallest absolute Gasteiger partial charge is 0.276 e. The second-order valence-corrected chi connectivity index (χ2v) is 5.44. The molecule has 0 atom stereocenters. The number of aromatic amines is 1. The molecule has 5 heteroatoms. The number of ether oxygens (including phenoxy) is 1. The molecule has 1 N–H and O–H groups in total. The van der Waals surface area contributed by atoms with Gasteiger partial charge in [-0.3, -0.25) is 9.48 Å². The predicted octanol–water partition coefficient (Wildman–Crippen LogP) is 2.93. The van der Waals surface area contributed by atoms with Gasteiger partial charge in [0.2, 0.25) is 0 Å². The summed E-state index contributed by atoms with van der Waals surface area (Å²) >= 11 is 0. The third kappa shape index (κ3) is 2.36. The van der Waals surface area contributed by atoms with Crippen LogP contribution >= 0.6 is 0 Å². The number of fused-ring (bicyclic) bond motifs is 3. The zero-order valence-corrected chi connectivity index (χ0v) is 12.6. The summed E-state index contributed by atoms with van der Waals surface area (Å²) in [5, 5.41) is 6.32. The van der Waals surface area contributed by atoms with Gasteiger partial charge in [-0.05, 0) is 23.8 Å². The molecule has 0 bridgehead atoms. The van der Waals surface area contributed by atoms with E-state index in [-0.39, 0.29) is 5.56 Å². The van der Waals surface area contributed by atoms with Gasteiger partial charge in [0.15, 0.2) is 5.52 Å². The molecule has 5 nitrogen and oxygen atoms in total. The van der Waals surface area contributed by atoms with Crippen LogP contribution in [0.15, 0.2) is 59.5 Å². The topological polar surface area (TPSA) is 59.9 Å². The molecule has 23 heavy (non-hydrogen) atoms. The van der Waals surface area contributed by atoms with Crippen molar-refractivity contribution in [1.29, 1.82) is 0 Å². The Morgan fingerprint density at radius 1 is 1.09 bits per heavy atom. The molecule has 2 aromatic heterocycles. The van der Waals surface area contributed by atoms with Crippen LogP contribution in [0, 0.1) is 0 Å². The van der Waals surface area contributed by atoms with Crippen LogP contribution in [0.2, 0.25) is 0 Å². The molecule has 0 unspecified atom stereocenters. The van der Waals surface area contributed by atoms with E-state index < -0.39 is 0 Å². The zero-order valence-electron chi connectivity index (χ0n) is 12.6. The Hall–Kier alpha value is -3.08. The molecule has 2 aromatic carbocycles. The van der Waals surface area contributed by atoms with Gasteiger partial charge >= 0.3 is 0 Å². The number of H-pyrrole nitrogens is 1. The van der Waals surface area contributed by atoms with Crippen LogP contribution in [0.1, 0.15) is 5.56 Å². The van der Waals surface area contributed by atoms with Crippen LogP contribution in [0.4, 0.5) is 0 Å². The number of rotatable bonds is 3. The molecule has 0 amide bonds. The lowest BCUT2D eigenvalue weighted by molar-refractivity contribution is 0.414. The van der Waals surface area contributed by atoms with Crippen molar-refractivity contribution in [2.24, 2.45) is 0 Å². The number of nitrogens with one attached hydrogen (secondary N) is 1. The van der Waals surface area contributed by atoms with Gasteiger partial charge in [0, 0.05) is 22.5 Å². The molecule has 0 spiro atoms. The van der Waals surface area contributed by atoms with Gasteiger partial charge in [-0.25, -0.2) is 0 Å². The first kappa shape index (κ1) is 13.6. The molecule has 0 saturated carbocycles. The normalized spacial score (nSPS) is 11.2. The summed E-state index contributed by atoms with van der Waals surface area (Å²) in [5.74, 6) is 0.821. The lowest BCUT2D eigenvalue weighted by Crippen LogP contribution is -2.07. The van der Waals surface area contributed by atoms with Crippen LogP contribution < -0.4 is 10.3 Å². The van der Waals surface area contributed by atoms with E-state index in [9.17, 15) is 4.79 Å². The summed E-state index contributed by atoms with van der Waals surface area (Å²) in [5.41, 5.74) is 2.23. The van der Waals surface area contributed by atoms with E-state index in [2.05, 4.69) is 10.1 Å². The van der Waals surface area contributed by atoms with E-state index >= 15 is 0 Å². The van der Waals surface area contributed by atoms with Crippen LogP contribution in [0.25, 0.3) is 21.8 Å². The van der Waals surface area contributed by atoms with Gasteiger partial charge in [0.25, 0.3) is 5.56 Å². The fraction of sp³-hybridized carbons (Fsp3) is 0.111. The van der Waals surface area contributed by atoms with Crippen molar-refractivity contribution in [3.05, 3.63) is 70.6 Å². The molecule has 2 heterocycles. The molecule has 114 valence electrons. The standard InChI is InChI=1S/C18H15N3O2/c1-23-13-8-6-12(7-9-13)10-21-11-15-14-4-2-3-5-16(14)19-18(22)17(15)20-21/h2-9,11H,10H2,1H3,(H,19,22). The molecule has 0 aliphatic carbocycles. The first-order valence-corrected chi connectivity index (χ1v) is 7.36. The van der Waals surface area contributed by atoms with Gasteiger partial charge in [-0.1, -0.05) is 30.3 Å². The summed E-state index contributed by atoms with van der Waals surface area (Å²) in [6.07, 6.45) is 1.93. The molecule has 0 fully saturated rings. The minimum absolute atomic E-state index is 0.160. The molecule has 4 aromatic rings. The minimum atomic E-state index is -0.160. The van der Waals surface area contributed by atoms with Gasteiger partial charge in [-0.2, -0.15) is 5.10 Å². The Kier molecular flexibility index (Phi) is 3.12. The van der Waals surface area contributed by atoms with Crippen molar-refractivity contribution in [3.63, 3.8) is 0 Å². The number of hydrogen-bond donors (Lipinski definition) is 1. The molecular weight excluding hydrogens is 290 g/mol. The van der Waals surface area contributed by atoms with Crippen molar-refractivity contribution < 1.29 is 4.74 Å². The average molecular weight is 305 g/mol. The van der Waals surface area contributed by atoms with E-state index in [1.165, 1.54) is 0 Å². The lowest BCUT2D eigenvalue weighted by Gasteiger charge is -2.03. The van der Waals surface area contributed by atoms with Crippen molar-refractivity contribution in [2.45, 2.75) is 6.54 Å². The van der Waals surface area contributed by atoms with E-state index in [1.807, 2.05) is 54.7 Å². The van der Waals surface area contributed by atoms with E-state index in [0.717, 1.165) is 27.6 Å². The SMILES string of the molecule is COc1ccc(Cn2cc3c(n2)c(=O)[nH]c2ccccc23)cc1. The largest absolute Gasteiger partial charge is 0.497 e. The highest BCUT2D eigenvalue weighted by Crippen LogP contribution is 2.20. The summed E-state index contributed by atoms with van der Waals surface area (Å²) in [6.45, 7) is 0.604. The highest BCUT2D eigenvalue weighted by atomic mass is 16.5. The monoisotopic (exact) mass is 305 g/mol. The minimum Gasteiger partial charge on any atom is -0.497 e.